The number of aromatic nitrogens is 2. The first-order valence-electron chi connectivity index (χ1n) is 5.71. The van der Waals surface area contributed by atoms with E-state index in [9.17, 15) is 0 Å². The number of nitrogens with zero attached hydrogens (tertiary/aromatic N) is 2. The fourth-order valence-corrected chi connectivity index (χ4v) is 2.28. The maximum Gasteiger partial charge on any atom is 0.0741 e. The van der Waals surface area contributed by atoms with E-state index in [2.05, 4.69) is 5.10 Å². The Kier molecular flexibility index (Phi) is 2.78. The second-order valence-corrected chi connectivity index (χ2v) is 4.53. The fraction of sp³-hybridized carbons (Fsp3) is 0.0714. The number of nitrogens with two attached hydrogens (primary N) is 1. The zero-order valence-electron chi connectivity index (χ0n) is 9.68. The van der Waals surface area contributed by atoms with E-state index in [1.807, 2.05) is 53.3 Å². The molecule has 0 saturated heterocycles. The Morgan fingerprint density at radius 1 is 1.17 bits per heavy atom. The number of benzene rings is 2. The highest BCUT2D eigenvalue weighted by atomic mass is 35.5. The van der Waals surface area contributed by atoms with Crippen molar-refractivity contribution in [1.82, 2.24) is 9.78 Å². The third-order valence-electron chi connectivity index (χ3n) is 2.97. The van der Waals surface area contributed by atoms with Crippen molar-refractivity contribution in [3.8, 4) is 5.69 Å². The molecular weight excluding hydrogens is 246 g/mol. The van der Waals surface area contributed by atoms with Crippen LogP contribution in [0.5, 0.6) is 0 Å². The van der Waals surface area contributed by atoms with Crippen LogP contribution in [0.25, 0.3) is 16.6 Å². The Morgan fingerprint density at radius 3 is 2.83 bits per heavy atom. The van der Waals surface area contributed by atoms with Gasteiger partial charge in [0.2, 0.25) is 0 Å². The minimum Gasteiger partial charge on any atom is -0.326 e. The van der Waals surface area contributed by atoms with Crippen LogP contribution in [0.15, 0.2) is 48.7 Å². The first-order valence-corrected chi connectivity index (χ1v) is 6.09. The molecule has 2 N–H and O–H groups in total. The first kappa shape index (κ1) is 11.3. The number of hydrogen-bond donors (Lipinski definition) is 1. The lowest BCUT2D eigenvalue weighted by molar-refractivity contribution is 0.885. The van der Waals surface area contributed by atoms with Crippen molar-refractivity contribution >= 4 is 22.5 Å². The SMILES string of the molecule is NCc1cc(Cl)ccc1-n1ncc2ccccc21. The summed E-state index contributed by atoms with van der Waals surface area (Å²) in [6.45, 7) is 0.435. The molecule has 0 spiro atoms. The molecule has 0 aliphatic carbocycles. The van der Waals surface area contributed by atoms with Gasteiger partial charge in [-0.1, -0.05) is 29.8 Å². The molecule has 0 atom stereocenters. The van der Waals surface area contributed by atoms with E-state index in [1.54, 1.807) is 0 Å². The quantitative estimate of drug-likeness (QED) is 0.767. The van der Waals surface area contributed by atoms with Crippen LogP contribution in [0.4, 0.5) is 0 Å². The monoisotopic (exact) mass is 257 g/mol. The smallest absolute Gasteiger partial charge is 0.0741 e. The van der Waals surface area contributed by atoms with Crippen LogP contribution in [0.2, 0.25) is 5.02 Å². The number of para-hydroxylation sites is 1. The van der Waals surface area contributed by atoms with Crippen molar-refractivity contribution in [1.29, 1.82) is 0 Å². The molecule has 2 aromatic carbocycles. The van der Waals surface area contributed by atoms with Crippen LogP contribution < -0.4 is 5.73 Å². The van der Waals surface area contributed by atoms with Crippen molar-refractivity contribution in [2.75, 3.05) is 0 Å². The van der Waals surface area contributed by atoms with Crippen molar-refractivity contribution in [3.05, 3.63) is 59.2 Å². The van der Waals surface area contributed by atoms with Crippen LogP contribution in [0.1, 0.15) is 5.56 Å². The van der Waals surface area contributed by atoms with Crippen LogP contribution >= 0.6 is 11.6 Å². The Hall–Kier alpha value is -1.84. The van der Waals surface area contributed by atoms with Gasteiger partial charge in [0.05, 0.1) is 17.4 Å². The normalized spacial score (nSPS) is 11.0. The van der Waals surface area contributed by atoms with Gasteiger partial charge >= 0.3 is 0 Å². The first-order chi connectivity index (χ1) is 8.79. The average molecular weight is 258 g/mol. The molecule has 3 aromatic rings. The largest absolute Gasteiger partial charge is 0.326 e. The number of halogens is 1. The summed E-state index contributed by atoms with van der Waals surface area (Å²) in [5.41, 5.74) is 8.79. The van der Waals surface area contributed by atoms with Gasteiger partial charge in [-0.25, -0.2) is 4.68 Å². The highest BCUT2D eigenvalue weighted by Gasteiger charge is 2.08. The van der Waals surface area contributed by atoms with Crippen LogP contribution in [-0.4, -0.2) is 9.78 Å². The maximum absolute atomic E-state index is 5.99. The fourth-order valence-electron chi connectivity index (χ4n) is 2.09. The molecule has 0 aliphatic rings. The van der Waals surface area contributed by atoms with Gasteiger partial charge in [0.15, 0.2) is 0 Å². The standard InChI is InChI=1S/C14H12ClN3/c15-12-5-6-14(11(7-12)8-16)18-13-4-2-1-3-10(13)9-17-18/h1-7,9H,8,16H2. The average Bonchev–Trinajstić information content (AvgIpc) is 2.82. The van der Waals surface area contributed by atoms with Crippen molar-refractivity contribution in [2.24, 2.45) is 5.73 Å². The lowest BCUT2D eigenvalue weighted by Crippen LogP contribution is -2.05. The predicted octanol–water partition coefficient (Wildman–Crippen LogP) is 3.14. The molecule has 0 saturated carbocycles. The van der Waals surface area contributed by atoms with E-state index in [-0.39, 0.29) is 0 Å². The van der Waals surface area contributed by atoms with Gasteiger partial charge in [0.25, 0.3) is 0 Å². The molecule has 1 heterocycles. The molecule has 0 aliphatic heterocycles. The second kappa shape index (κ2) is 4.44. The number of fused-ring (bicyclic) bond motifs is 1. The van der Waals surface area contributed by atoms with E-state index in [4.69, 9.17) is 17.3 Å². The number of hydrogen-bond acceptors (Lipinski definition) is 2. The van der Waals surface area contributed by atoms with E-state index in [0.717, 1.165) is 22.2 Å². The summed E-state index contributed by atoms with van der Waals surface area (Å²) in [5.74, 6) is 0. The zero-order valence-corrected chi connectivity index (χ0v) is 10.4. The summed E-state index contributed by atoms with van der Waals surface area (Å²) in [6, 6.07) is 13.8. The van der Waals surface area contributed by atoms with Gasteiger partial charge in [0.1, 0.15) is 0 Å². The molecule has 3 nitrogen and oxygen atoms in total. The summed E-state index contributed by atoms with van der Waals surface area (Å²) < 4.78 is 1.90. The highest BCUT2D eigenvalue weighted by Crippen LogP contribution is 2.23. The summed E-state index contributed by atoms with van der Waals surface area (Å²) in [7, 11) is 0. The molecule has 90 valence electrons. The Bertz CT molecular complexity index is 703. The topological polar surface area (TPSA) is 43.8 Å². The van der Waals surface area contributed by atoms with E-state index < -0.39 is 0 Å². The molecule has 18 heavy (non-hydrogen) atoms. The second-order valence-electron chi connectivity index (χ2n) is 4.09. The van der Waals surface area contributed by atoms with Gasteiger partial charge in [-0.05, 0) is 29.8 Å². The third kappa shape index (κ3) is 1.78. The molecule has 3 rings (SSSR count). The van der Waals surface area contributed by atoms with Crippen molar-refractivity contribution in [2.45, 2.75) is 6.54 Å². The molecular formula is C14H12ClN3. The molecule has 0 radical (unpaired) electrons. The van der Waals surface area contributed by atoms with Gasteiger partial charge in [-0.15, -0.1) is 0 Å². The Morgan fingerprint density at radius 2 is 2.00 bits per heavy atom. The predicted molar refractivity (Wildman–Crippen MR) is 74.0 cm³/mol. The summed E-state index contributed by atoms with van der Waals surface area (Å²) in [6.07, 6.45) is 1.85. The van der Waals surface area contributed by atoms with Gasteiger partial charge in [-0.3, -0.25) is 0 Å². The lowest BCUT2D eigenvalue weighted by Gasteiger charge is -2.09. The summed E-state index contributed by atoms with van der Waals surface area (Å²) >= 11 is 5.99. The Labute approximate surface area is 110 Å². The minimum atomic E-state index is 0.435. The maximum atomic E-state index is 5.99. The number of rotatable bonds is 2. The third-order valence-corrected chi connectivity index (χ3v) is 3.20. The zero-order chi connectivity index (χ0) is 12.5. The molecule has 0 amide bonds. The van der Waals surface area contributed by atoms with Crippen molar-refractivity contribution in [3.63, 3.8) is 0 Å². The lowest BCUT2D eigenvalue weighted by atomic mass is 10.1. The van der Waals surface area contributed by atoms with E-state index in [0.29, 0.717) is 11.6 Å². The molecule has 0 bridgehead atoms. The molecule has 0 fully saturated rings. The minimum absolute atomic E-state index is 0.435. The molecule has 4 heteroatoms. The van der Waals surface area contributed by atoms with Crippen LogP contribution in [0.3, 0.4) is 0 Å². The van der Waals surface area contributed by atoms with Crippen LogP contribution in [0, 0.1) is 0 Å². The van der Waals surface area contributed by atoms with Gasteiger partial charge in [0, 0.05) is 17.0 Å². The molecule has 0 unspecified atom stereocenters. The van der Waals surface area contributed by atoms with E-state index in [1.165, 1.54) is 0 Å². The van der Waals surface area contributed by atoms with Gasteiger partial charge < -0.3 is 5.73 Å². The van der Waals surface area contributed by atoms with E-state index >= 15 is 0 Å². The highest BCUT2D eigenvalue weighted by molar-refractivity contribution is 6.30. The molecule has 1 aromatic heterocycles. The van der Waals surface area contributed by atoms with Gasteiger partial charge in [-0.2, -0.15) is 5.10 Å². The van der Waals surface area contributed by atoms with Crippen molar-refractivity contribution < 1.29 is 0 Å². The summed E-state index contributed by atoms with van der Waals surface area (Å²) in [4.78, 5) is 0. The summed E-state index contributed by atoms with van der Waals surface area (Å²) in [5, 5.41) is 6.22. The Balaban J connectivity index is 2.26. The van der Waals surface area contributed by atoms with Crippen LogP contribution in [-0.2, 0) is 6.54 Å².